The van der Waals surface area contributed by atoms with Crippen molar-refractivity contribution in [1.29, 1.82) is 0 Å². The first-order valence-corrected chi connectivity index (χ1v) is 10.9. The van der Waals surface area contributed by atoms with Gasteiger partial charge in [-0.05, 0) is 78.9 Å². The van der Waals surface area contributed by atoms with Crippen LogP contribution < -0.4 is 14.8 Å². The van der Waals surface area contributed by atoms with Crippen molar-refractivity contribution in [3.63, 3.8) is 0 Å². The van der Waals surface area contributed by atoms with Crippen LogP contribution in [0.2, 0.25) is 0 Å². The lowest BCUT2D eigenvalue weighted by atomic mass is 9.91. The number of hydrazone groups is 1. The first kappa shape index (κ1) is 21.0. The molecule has 168 valence electrons. The number of nitrogens with one attached hydrogen (secondary N) is 1. The maximum Gasteiger partial charge on any atom is 0.342 e. The summed E-state index contributed by atoms with van der Waals surface area (Å²) in [6, 6.07) is 13.3. The number of fused-ring (bicyclic) bond motifs is 3. The number of hydrogen-bond acceptors (Lipinski definition) is 5. The van der Waals surface area contributed by atoms with Gasteiger partial charge in [-0.3, -0.25) is 4.98 Å². The zero-order valence-corrected chi connectivity index (χ0v) is 19.1. The molecule has 5 rings (SSSR count). The molecule has 2 aliphatic rings. The number of carbonyl (C=O) groups is 1. The average molecular weight is 443 g/mol. The monoisotopic (exact) mass is 442 g/mol. The Bertz CT molecular complexity index is 1260. The van der Waals surface area contributed by atoms with Crippen molar-refractivity contribution in [3.05, 3.63) is 82.7 Å². The summed E-state index contributed by atoms with van der Waals surface area (Å²) in [5.74, 6) is 1.38. The second-order valence-corrected chi connectivity index (χ2v) is 8.46. The number of ether oxygens (including phenoxy) is 2. The van der Waals surface area contributed by atoms with Gasteiger partial charge in [0.15, 0.2) is 11.5 Å². The van der Waals surface area contributed by atoms with Gasteiger partial charge in [-0.25, -0.2) is 9.80 Å². The molecule has 7 nitrogen and oxygen atoms in total. The second kappa shape index (κ2) is 8.24. The van der Waals surface area contributed by atoms with E-state index in [2.05, 4.69) is 17.2 Å². The van der Waals surface area contributed by atoms with Gasteiger partial charge >= 0.3 is 6.03 Å². The number of methoxy groups -OCH3 is 2. The summed E-state index contributed by atoms with van der Waals surface area (Å²) in [5, 5.41) is 9.44. The molecular weight excluding hydrogens is 416 g/mol. The van der Waals surface area contributed by atoms with Crippen molar-refractivity contribution in [2.75, 3.05) is 19.5 Å². The number of carbonyl (C=O) groups excluding carboxylic acids is 1. The van der Waals surface area contributed by atoms with Crippen molar-refractivity contribution >= 4 is 17.4 Å². The maximum absolute atomic E-state index is 13.4. The number of urea groups is 1. The molecule has 3 aromatic rings. The number of rotatable bonds is 4. The molecule has 0 bridgehead atoms. The largest absolute Gasteiger partial charge is 0.493 e. The topological polar surface area (TPSA) is 76.1 Å². The Morgan fingerprint density at radius 2 is 1.73 bits per heavy atom. The van der Waals surface area contributed by atoms with Gasteiger partial charge in [-0.15, -0.1) is 0 Å². The maximum atomic E-state index is 13.4. The van der Waals surface area contributed by atoms with Crippen molar-refractivity contribution in [3.8, 4) is 11.5 Å². The van der Waals surface area contributed by atoms with Crippen molar-refractivity contribution in [2.24, 2.45) is 11.0 Å². The third-order valence-corrected chi connectivity index (χ3v) is 6.55. The molecule has 0 saturated heterocycles. The highest BCUT2D eigenvalue weighted by molar-refractivity contribution is 6.09. The van der Waals surface area contributed by atoms with E-state index in [0.717, 1.165) is 40.1 Å². The first-order chi connectivity index (χ1) is 16.0. The van der Waals surface area contributed by atoms with Crippen molar-refractivity contribution in [1.82, 2.24) is 9.99 Å². The van der Waals surface area contributed by atoms with Gasteiger partial charge in [0.2, 0.25) is 0 Å². The van der Waals surface area contributed by atoms with Crippen LogP contribution in [-0.4, -0.2) is 36.0 Å². The second-order valence-electron chi connectivity index (χ2n) is 8.46. The molecule has 0 radical (unpaired) electrons. The third-order valence-electron chi connectivity index (χ3n) is 6.55. The Morgan fingerprint density at radius 1 is 1.00 bits per heavy atom. The fraction of sp³-hybridized carbons (Fsp3) is 0.269. The number of pyridine rings is 1. The summed E-state index contributed by atoms with van der Waals surface area (Å²) >= 11 is 0. The fourth-order valence-electron chi connectivity index (χ4n) is 4.71. The van der Waals surface area contributed by atoms with Gasteiger partial charge in [0.25, 0.3) is 0 Å². The number of amides is 2. The van der Waals surface area contributed by atoms with Crippen LogP contribution in [0, 0.1) is 19.8 Å². The van der Waals surface area contributed by atoms with E-state index in [9.17, 15) is 4.79 Å². The minimum absolute atomic E-state index is 0.0321. The molecule has 2 heterocycles. The van der Waals surface area contributed by atoms with Crippen LogP contribution in [-0.2, 0) is 6.42 Å². The molecule has 2 amide bonds. The Balaban J connectivity index is 1.54. The molecule has 1 aliphatic carbocycles. The van der Waals surface area contributed by atoms with E-state index in [1.807, 2.05) is 49.4 Å². The lowest BCUT2D eigenvalue weighted by Crippen LogP contribution is -2.34. The van der Waals surface area contributed by atoms with Gasteiger partial charge in [-0.1, -0.05) is 6.07 Å². The van der Waals surface area contributed by atoms with E-state index in [-0.39, 0.29) is 18.0 Å². The standard InChI is InChI=1S/C26H26N4O3/c1-15-5-6-19(11-16(15)2)28-26(31)30-25(17-7-9-27-10-8-17)21-12-18-13-22(32-3)23(33-4)14-20(18)24(21)29-30/h5-11,13-14,21,25H,12H2,1-4H3,(H,28,31). The molecule has 0 saturated carbocycles. The van der Waals surface area contributed by atoms with E-state index < -0.39 is 0 Å². The summed E-state index contributed by atoms with van der Waals surface area (Å²) in [4.78, 5) is 17.6. The summed E-state index contributed by atoms with van der Waals surface area (Å²) in [6.07, 6.45) is 4.26. The minimum atomic E-state index is -0.260. The van der Waals surface area contributed by atoms with Crippen LogP contribution in [0.1, 0.15) is 33.9 Å². The highest BCUT2D eigenvalue weighted by atomic mass is 16.5. The Labute approximate surface area is 193 Å². The van der Waals surface area contributed by atoms with Gasteiger partial charge < -0.3 is 14.8 Å². The lowest BCUT2D eigenvalue weighted by molar-refractivity contribution is 0.190. The van der Waals surface area contributed by atoms with Gasteiger partial charge in [0, 0.05) is 29.6 Å². The smallest absolute Gasteiger partial charge is 0.342 e. The molecule has 1 aliphatic heterocycles. The molecule has 2 atom stereocenters. The highest BCUT2D eigenvalue weighted by Gasteiger charge is 2.46. The van der Waals surface area contributed by atoms with Gasteiger partial charge in [0.1, 0.15) is 0 Å². The van der Waals surface area contributed by atoms with Crippen LogP contribution in [0.5, 0.6) is 11.5 Å². The molecular formula is C26H26N4O3. The molecule has 1 aromatic heterocycles. The van der Waals surface area contributed by atoms with Crippen LogP contribution in [0.25, 0.3) is 0 Å². The van der Waals surface area contributed by atoms with Crippen molar-refractivity contribution in [2.45, 2.75) is 26.3 Å². The molecule has 1 N–H and O–H groups in total. The predicted octanol–water partition coefficient (Wildman–Crippen LogP) is 4.88. The highest BCUT2D eigenvalue weighted by Crippen LogP contribution is 2.46. The van der Waals surface area contributed by atoms with Gasteiger partial charge in [-0.2, -0.15) is 5.10 Å². The third kappa shape index (κ3) is 3.59. The van der Waals surface area contributed by atoms with Gasteiger partial charge in [0.05, 0.1) is 26.0 Å². The van der Waals surface area contributed by atoms with Crippen LogP contribution in [0.4, 0.5) is 10.5 Å². The summed E-state index contributed by atoms with van der Waals surface area (Å²) in [5.41, 5.74) is 7.08. The molecule has 7 heteroatoms. The van der Waals surface area contributed by atoms with Crippen LogP contribution in [0.15, 0.2) is 60.0 Å². The quantitative estimate of drug-likeness (QED) is 0.625. The SMILES string of the molecule is COc1cc2c(cc1OC)C1=NN(C(=O)Nc3ccc(C)c(C)c3)C(c3ccncc3)C1C2. The Hall–Kier alpha value is -3.87. The fourth-order valence-corrected chi connectivity index (χ4v) is 4.71. The molecule has 0 fully saturated rings. The van der Waals surface area contributed by atoms with Crippen LogP contribution >= 0.6 is 0 Å². The van der Waals surface area contributed by atoms with E-state index in [0.29, 0.717) is 11.5 Å². The normalized spacial score (nSPS) is 18.4. The number of benzene rings is 2. The Morgan fingerprint density at radius 3 is 2.42 bits per heavy atom. The van der Waals surface area contributed by atoms with E-state index in [1.165, 1.54) is 5.56 Å². The minimum Gasteiger partial charge on any atom is -0.493 e. The first-order valence-electron chi connectivity index (χ1n) is 10.9. The summed E-state index contributed by atoms with van der Waals surface area (Å²) in [7, 11) is 3.26. The average Bonchev–Trinajstić information content (AvgIpc) is 3.36. The molecule has 33 heavy (non-hydrogen) atoms. The molecule has 0 spiro atoms. The lowest BCUT2D eigenvalue weighted by Gasteiger charge is -2.26. The zero-order chi connectivity index (χ0) is 23.1. The Kier molecular flexibility index (Phi) is 5.24. The zero-order valence-electron chi connectivity index (χ0n) is 19.1. The van der Waals surface area contributed by atoms with E-state index >= 15 is 0 Å². The summed E-state index contributed by atoms with van der Waals surface area (Å²) < 4.78 is 11.0. The van der Waals surface area contributed by atoms with Crippen molar-refractivity contribution < 1.29 is 14.3 Å². The van der Waals surface area contributed by atoms with E-state index in [4.69, 9.17) is 14.6 Å². The number of anilines is 1. The predicted molar refractivity (Wildman–Crippen MR) is 127 cm³/mol. The number of aryl methyl sites for hydroxylation is 2. The van der Waals surface area contributed by atoms with Crippen LogP contribution in [0.3, 0.4) is 0 Å². The summed E-state index contributed by atoms with van der Waals surface area (Å²) in [6.45, 7) is 4.08. The van der Waals surface area contributed by atoms with E-state index in [1.54, 1.807) is 31.6 Å². The molecule has 2 aromatic carbocycles. The number of aromatic nitrogens is 1. The number of nitrogens with zero attached hydrogens (tertiary/aromatic N) is 3. The molecule has 2 unspecified atom stereocenters. The number of hydrogen-bond donors (Lipinski definition) is 1.